The van der Waals surface area contributed by atoms with Gasteiger partial charge in [0, 0.05) is 11.0 Å². The Balaban J connectivity index is 1.75. The number of sulfonamides is 1. The van der Waals surface area contributed by atoms with Gasteiger partial charge < -0.3 is 5.32 Å². The number of nitrogens with one attached hydrogen (secondary N) is 2. The summed E-state index contributed by atoms with van der Waals surface area (Å²) in [4.78, 5) is 11.9. The van der Waals surface area contributed by atoms with Crippen LogP contribution in [-0.4, -0.2) is 27.4 Å². The van der Waals surface area contributed by atoms with Gasteiger partial charge in [0.2, 0.25) is 15.9 Å². The molecule has 1 aliphatic rings. The monoisotopic (exact) mass is 400 g/mol. The van der Waals surface area contributed by atoms with E-state index in [9.17, 15) is 13.2 Å². The highest BCUT2D eigenvalue weighted by atomic mass is 79.9. The van der Waals surface area contributed by atoms with Crippen molar-refractivity contribution in [2.75, 3.05) is 13.1 Å². The lowest BCUT2D eigenvalue weighted by Gasteiger charge is -2.13. The summed E-state index contributed by atoms with van der Waals surface area (Å²) in [5.74, 6) is -0.318. The Hall–Kier alpha value is -1.18. The van der Waals surface area contributed by atoms with Gasteiger partial charge in [-0.2, -0.15) is 0 Å². The summed E-state index contributed by atoms with van der Waals surface area (Å²) in [6.07, 6.45) is 7.76. The van der Waals surface area contributed by atoms with E-state index in [1.54, 1.807) is 12.1 Å². The van der Waals surface area contributed by atoms with Crippen molar-refractivity contribution in [2.45, 2.75) is 37.0 Å². The largest absolute Gasteiger partial charge is 0.355 e. The van der Waals surface area contributed by atoms with Crippen LogP contribution in [0.2, 0.25) is 0 Å². The second-order valence-corrected chi connectivity index (χ2v) is 8.17. The molecule has 1 aliphatic carbocycles. The molecule has 23 heavy (non-hydrogen) atoms. The molecule has 0 spiro atoms. The number of allylic oxidation sites excluding steroid dienone is 1. The summed E-state index contributed by atoms with van der Waals surface area (Å²) in [5, 5.41) is 2.75. The number of benzene rings is 1. The third kappa shape index (κ3) is 6.08. The van der Waals surface area contributed by atoms with Gasteiger partial charge in [-0.1, -0.05) is 27.6 Å². The molecule has 0 atom stereocenters. The molecule has 0 radical (unpaired) electrons. The van der Waals surface area contributed by atoms with Crippen LogP contribution in [0.25, 0.3) is 0 Å². The SMILES string of the molecule is O=C(CNS(=O)(=O)c1ccc(Br)cc1)NCCC1=CCCCC1. The average Bonchev–Trinajstić information content (AvgIpc) is 2.54. The van der Waals surface area contributed by atoms with Gasteiger partial charge in [-0.15, -0.1) is 0 Å². The average molecular weight is 401 g/mol. The molecular weight excluding hydrogens is 380 g/mol. The first kappa shape index (κ1) is 18.2. The van der Waals surface area contributed by atoms with Crippen LogP contribution in [0.4, 0.5) is 0 Å². The molecule has 0 heterocycles. The van der Waals surface area contributed by atoms with E-state index in [2.05, 4.69) is 32.0 Å². The van der Waals surface area contributed by atoms with Crippen molar-refractivity contribution < 1.29 is 13.2 Å². The molecule has 0 bridgehead atoms. The van der Waals surface area contributed by atoms with E-state index in [1.807, 2.05) is 0 Å². The molecule has 1 aromatic rings. The Morgan fingerprint density at radius 1 is 1.17 bits per heavy atom. The molecule has 0 saturated carbocycles. The number of carbonyl (C=O) groups excluding carboxylic acids is 1. The van der Waals surface area contributed by atoms with Gasteiger partial charge in [-0.25, -0.2) is 13.1 Å². The number of amides is 1. The highest BCUT2D eigenvalue weighted by molar-refractivity contribution is 9.10. The first-order valence-corrected chi connectivity index (χ1v) is 9.95. The first-order valence-electron chi connectivity index (χ1n) is 7.67. The Labute approximate surface area is 145 Å². The van der Waals surface area contributed by atoms with E-state index < -0.39 is 10.0 Å². The van der Waals surface area contributed by atoms with E-state index >= 15 is 0 Å². The van der Waals surface area contributed by atoms with E-state index in [0.717, 1.165) is 23.7 Å². The molecule has 0 fully saturated rings. The fraction of sp³-hybridized carbons (Fsp3) is 0.438. The van der Waals surface area contributed by atoms with Gasteiger partial charge in [-0.3, -0.25) is 4.79 Å². The van der Waals surface area contributed by atoms with Crippen molar-refractivity contribution in [3.8, 4) is 0 Å². The van der Waals surface area contributed by atoms with Crippen LogP contribution < -0.4 is 10.0 Å². The molecule has 126 valence electrons. The molecule has 2 rings (SSSR count). The quantitative estimate of drug-likeness (QED) is 0.690. The molecule has 0 saturated heterocycles. The van der Waals surface area contributed by atoms with Crippen molar-refractivity contribution in [2.24, 2.45) is 0 Å². The minimum atomic E-state index is -3.66. The topological polar surface area (TPSA) is 75.3 Å². The highest BCUT2D eigenvalue weighted by Crippen LogP contribution is 2.19. The lowest BCUT2D eigenvalue weighted by Crippen LogP contribution is -2.37. The summed E-state index contributed by atoms with van der Waals surface area (Å²) in [6.45, 7) is 0.294. The predicted octanol–water partition coefficient (Wildman–Crippen LogP) is 2.73. The second kappa shape index (κ2) is 8.61. The van der Waals surface area contributed by atoms with Crippen LogP contribution >= 0.6 is 15.9 Å². The predicted molar refractivity (Wildman–Crippen MR) is 93.5 cm³/mol. The molecule has 1 aromatic carbocycles. The Morgan fingerprint density at radius 3 is 2.57 bits per heavy atom. The number of rotatable bonds is 7. The van der Waals surface area contributed by atoms with Gasteiger partial charge in [0.25, 0.3) is 0 Å². The van der Waals surface area contributed by atoms with E-state index in [-0.39, 0.29) is 17.3 Å². The molecule has 1 amide bonds. The van der Waals surface area contributed by atoms with Crippen LogP contribution in [0, 0.1) is 0 Å². The molecule has 0 aliphatic heterocycles. The smallest absolute Gasteiger partial charge is 0.241 e. The molecule has 7 heteroatoms. The zero-order valence-electron chi connectivity index (χ0n) is 12.8. The standard InChI is InChI=1S/C16H21BrN2O3S/c17-14-6-8-15(9-7-14)23(21,22)19-12-16(20)18-11-10-13-4-2-1-3-5-13/h4,6-9,19H,1-3,5,10-12H2,(H,18,20). The van der Waals surface area contributed by atoms with Gasteiger partial charge in [0.1, 0.15) is 0 Å². The van der Waals surface area contributed by atoms with E-state index in [4.69, 9.17) is 0 Å². The van der Waals surface area contributed by atoms with E-state index in [0.29, 0.717) is 6.54 Å². The van der Waals surface area contributed by atoms with Crippen LogP contribution in [-0.2, 0) is 14.8 Å². The van der Waals surface area contributed by atoms with Crippen molar-refractivity contribution in [3.05, 3.63) is 40.4 Å². The Morgan fingerprint density at radius 2 is 1.91 bits per heavy atom. The van der Waals surface area contributed by atoms with Crippen molar-refractivity contribution in [1.82, 2.24) is 10.0 Å². The van der Waals surface area contributed by atoms with Crippen molar-refractivity contribution in [3.63, 3.8) is 0 Å². The number of halogens is 1. The van der Waals surface area contributed by atoms with E-state index in [1.165, 1.54) is 30.5 Å². The summed E-state index contributed by atoms with van der Waals surface area (Å²) in [5.41, 5.74) is 1.38. The summed E-state index contributed by atoms with van der Waals surface area (Å²) >= 11 is 3.25. The summed E-state index contributed by atoms with van der Waals surface area (Å²) in [6, 6.07) is 6.26. The minimum Gasteiger partial charge on any atom is -0.355 e. The van der Waals surface area contributed by atoms with Gasteiger partial charge in [0.05, 0.1) is 11.4 Å². The molecule has 5 nitrogen and oxygen atoms in total. The maximum atomic E-state index is 12.1. The fourth-order valence-electron chi connectivity index (χ4n) is 2.41. The minimum absolute atomic E-state index is 0.140. The van der Waals surface area contributed by atoms with Gasteiger partial charge >= 0.3 is 0 Å². The zero-order valence-corrected chi connectivity index (χ0v) is 15.2. The van der Waals surface area contributed by atoms with Crippen molar-refractivity contribution in [1.29, 1.82) is 0 Å². The Bertz CT molecular complexity index is 669. The number of carbonyl (C=O) groups is 1. The third-order valence-electron chi connectivity index (χ3n) is 3.70. The summed E-state index contributed by atoms with van der Waals surface area (Å²) in [7, 11) is -3.66. The van der Waals surface area contributed by atoms with Crippen LogP contribution in [0.3, 0.4) is 0 Å². The molecule has 0 unspecified atom stereocenters. The molecular formula is C16H21BrN2O3S. The van der Waals surface area contributed by atoms with Crippen molar-refractivity contribution >= 4 is 31.9 Å². The number of hydrogen-bond donors (Lipinski definition) is 2. The Kier molecular flexibility index (Phi) is 6.80. The summed E-state index contributed by atoms with van der Waals surface area (Å²) < 4.78 is 27.2. The maximum absolute atomic E-state index is 12.1. The van der Waals surface area contributed by atoms with Gasteiger partial charge in [0.15, 0.2) is 0 Å². The van der Waals surface area contributed by atoms with Crippen LogP contribution in [0.5, 0.6) is 0 Å². The first-order chi connectivity index (χ1) is 11.0. The van der Waals surface area contributed by atoms with Crippen LogP contribution in [0.15, 0.2) is 45.3 Å². The molecule has 0 aromatic heterocycles. The maximum Gasteiger partial charge on any atom is 0.241 e. The lowest BCUT2D eigenvalue weighted by molar-refractivity contribution is -0.119. The lowest BCUT2D eigenvalue weighted by atomic mass is 9.97. The third-order valence-corrected chi connectivity index (χ3v) is 5.65. The fourth-order valence-corrected chi connectivity index (χ4v) is 3.66. The van der Waals surface area contributed by atoms with Crippen LogP contribution in [0.1, 0.15) is 32.1 Å². The zero-order chi connectivity index (χ0) is 16.7. The highest BCUT2D eigenvalue weighted by Gasteiger charge is 2.15. The van der Waals surface area contributed by atoms with Gasteiger partial charge in [-0.05, 0) is 56.4 Å². The number of hydrogen-bond acceptors (Lipinski definition) is 3. The normalized spacial score (nSPS) is 15.1. The molecule has 2 N–H and O–H groups in total. The second-order valence-electron chi connectivity index (χ2n) is 5.49.